The molecule has 0 radical (unpaired) electrons. The van der Waals surface area contributed by atoms with Crippen molar-refractivity contribution in [3.05, 3.63) is 155 Å². The zero-order valence-electron chi connectivity index (χ0n) is 30.6. The van der Waals surface area contributed by atoms with Crippen LogP contribution in [-0.2, 0) is 10.8 Å². The van der Waals surface area contributed by atoms with Crippen LogP contribution in [0.25, 0.3) is 97.7 Å². The number of hydrogen-bond acceptors (Lipinski definition) is 1. The van der Waals surface area contributed by atoms with Crippen molar-refractivity contribution in [2.24, 2.45) is 0 Å². The molecule has 0 aliphatic heterocycles. The molecule has 0 N–H and O–H groups in total. The molecule has 10 aromatic carbocycles. The van der Waals surface area contributed by atoms with E-state index >= 15 is 0 Å². The van der Waals surface area contributed by atoms with Crippen LogP contribution in [-0.4, -0.2) is 0 Å². The number of fused-ring (bicyclic) bond motifs is 7. The predicted molar refractivity (Wildman–Crippen MR) is 226 cm³/mol. The predicted octanol–water partition coefficient (Wildman–Crippen LogP) is 13.9. The van der Waals surface area contributed by atoms with Crippen molar-refractivity contribution >= 4 is 75.4 Å². The maximum Gasteiger partial charge on any atom is 0.194 e. The molecular weight excluding hydrogens is 629 g/mol. The molecule has 0 unspecified atom stereocenters. The van der Waals surface area contributed by atoms with Crippen LogP contribution < -0.4 is 5.43 Å². The highest BCUT2D eigenvalue weighted by molar-refractivity contribution is 6.41. The standard InChI is InChI=1S/C51H40O/c1-50(2,3)33-23-31-21-22-32-24-34(51(4,5)6)26-42-46(32)45(31)41(25-33)47-43(29-15-9-7-10-16-29)38-27-37-35-19-13-14-20-36(35)49(52)40(37)28-39(38)44(48(42)47)30-17-11-8-12-18-30/h7-28H,1-6H3. The third-order valence-electron chi connectivity index (χ3n) is 11.6. The van der Waals surface area contributed by atoms with E-state index in [1.807, 2.05) is 18.2 Å². The Balaban J connectivity index is 1.61. The smallest absolute Gasteiger partial charge is 0.194 e. The lowest BCUT2D eigenvalue weighted by atomic mass is 9.76. The molecule has 1 heteroatoms. The highest BCUT2D eigenvalue weighted by Gasteiger charge is 2.27. The minimum absolute atomic E-state index is 0.0485. The van der Waals surface area contributed by atoms with E-state index in [1.165, 1.54) is 76.3 Å². The van der Waals surface area contributed by atoms with E-state index in [9.17, 15) is 4.79 Å². The van der Waals surface area contributed by atoms with Gasteiger partial charge in [-0.3, -0.25) is 4.79 Å². The summed E-state index contributed by atoms with van der Waals surface area (Å²) in [5.41, 5.74) is 7.38. The maximum absolute atomic E-state index is 14.2. The highest BCUT2D eigenvalue weighted by atomic mass is 16.1. The Morgan fingerprint density at radius 2 is 0.769 bits per heavy atom. The summed E-state index contributed by atoms with van der Waals surface area (Å²) >= 11 is 0. The summed E-state index contributed by atoms with van der Waals surface area (Å²) in [6.07, 6.45) is 0. The van der Waals surface area contributed by atoms with E-state index in [-0.39, 0.29) is 16.3 Å². The lowest BCUT2D eigenvalue weighted by Crippen LogP contribution is -2.12. The van der Waals surface area contributed by atoms with Crippen molar-refractivity contribution in [3.63, 3.8) is 0 Å². The normalized spacial score (nSPS) is 12.9. The summed E-state index contributed by atoms with van der Waals surface area (Å²) in [7, 11) is 0. The van der Waals surface area contributed by atoms with Crippen molar-refractivity contribution in [2.45, 2.75) is 52.4 Å². The van der Waals surface area contributed by atoms with Gasteiger partial charge in [0.05, 0.1) is 0 Å². The van der Waals surface area contributed by atoms with Gasteiger partial charge in [0.15, 0.2) is 5.43 Å². The minimum Gasteiger partial charge on any atom is -0.289 e. The second kappa shape index (κ2) is 10.6. The van der Waals surface area contributed by atoms with E-state index in [0.717, 1.165) is 32.5 Å². The van der Waals surface area contributed by atoms with Crippen LogP contribution in [0.5, 0.6) is 0 Å². The fraction of sp³-hybridized carbons (Fsp3) is 0.157. The average Bonchev–Trinajstić information content (AvgIpc) is 3.42. The van der Waals surface area contributed by atoms with Crippen molar-refractivity contribution in [1.82, 2.24) is 0 Å². The van der Waals surface area contributed by atoms with Crippen LogP contribution in [0.15, 0.2) is 138 Å². The highest BCUT2D eigenvalue weighted by Crippen LogP contribution is 2.53. The number of benzene rings is 9. The summed E-state index contributed by atoms with van der Waals surface area (Å²) in [4.78, 5) is 14.2. The molecule has 0 spiro atoms. The van der Waals surface area contributed by atoms with Gasteiger partial charge in [0.1, 0.15) is 0 Å². The molecule has 0 aliphatic rings. The molecule has 250 valence electrons. The Morgan fingerprint density at radius 3 is 1.23 bits per heavy atom. The van der Waals surface area contributed by atoms with Crippen LogP contribution in [0, 0.1) is 0 Å². The van der Waals surface area contributed by atoms with E-state index in [1.54, 1.807) is 0 Å². The van der Waals surface area contributed by atoms with Crippen molar-refractivity contribution in [1.29, 1.82) is 0 Å². The van der Waals surface area contributed by atoms with E-state index in [2.05, 4.69) is 157 Å². The first-order chi connectivity index (χ1) is 25.0. The van der Waals surface area contributed by atoms with Crippen molar-refractivity contribution < 1.29 is 0 Å². The maximum atomic E-state index is 14.2. The molecule has 0 saturated heterocycles. The van der Waals surface area contributed by atoms with Gasteiger partial charge in [0, 0.05) is 10.8 Å². The van der Waals surface area contributed by atoms with Crippen LogP contribution in [0.2, 0.25) is 0 Å². The molecule has 0 bridgehead atoms. The first-order valence-electron chi connectivity index (χ1n) is 18.5. The SMILES string of the molecule is CC(C)(C)c1cc2ccc3cc(C(C)(C)C)cc4c5c(-c6ccccc6)c6cc7c(cc6c(-c6ccccc6)c5c(c1)c2c34)c(=O)c1ccccc17. The van der Waals surface area contributed by atoms with Gasteiger partial charge in [0.2, 0.25) is 0 Å². The fourth-order valence-electron chi connectivity index (χ4n) is 8.94. The molecule has 0 atom stereocenters. The molecule has 10 aromatic rings. The van der Waals surface area contributed by atoms with Crippen LogP contribution in [0.3, 0.4) is 0 Å². The zero-order chi connectivity index (χ0) is 35.7. The molecule has 0 heterocycles. The van der Waals surface area contributed by atoms with Gasteiger partial charge in [-0.05, 0) is 133 Å². The molecule has 0 saturated carbocycles. The van der Waals surface area contributed by atoms with Gasteiger partial charge in [-0.25, -0.2) is 0 Å². The summed E-state index contributed by atoms with van der Waals surface area (Å²) in [5, 5.41) is 16.2. The van der Waals surface area contributed by atoms with E-state index < -0.39 is 0 Å². The van der Waals surface area contributed by atoms with Gasteiger partial charge in [0.25, 0.3) is 0 Å². The molecule has 1 nitrogen and oxygen atoms in total. The molecular formula is C51H40O. The van der Waals surface area contributed by atoms with Gasteiger partial charge >= 0.3 is 0 Å². The van der Waals surface area contributed by atoms with Crippen LogP contribution in [0.4, 0.5) is 0 Å². The first kappa shape index (κ1) is 31.0. The summed E-state index contributed by atoms with van der Waals surface area (Å²) in [6, 6.07) is 48.9. The lowest BCUT2D eigenvalue weighted by Gasteiger charge is -2.27. The topological polar surface area (TPSA) is 17.1 Å². The fourth-order valence-corrected chi connectivity index (χ4v) is 8.94. The van der Waals surface area contributed by atoms with Crippen molar-refractivity contribution in [3.8, 4) is 22.3 Å². The van der Waals surface area contributed by atoms with Gasteiger partial charge in [-0.1, -0.05) is 151 Å². The van der Waals surface area contributed by atoms with Gasteiger partial charge in [-0.2, -0.15) is 0 Å². The van der Waals surface area contributed by atoms with Crippen LogP contribution in [0.1, 0.15) is 52.7 Å². The monoisotopic (exact) mass is 668 g/mol. The average molecular weight is 669 g/mol. The van der Waals surface area contributed by atoms with Gasteiger partial charge < -0.3 is 0 Å². The minimum atomic E-state index is -0.0543. The van der Waals surface area contributed by atoms with Gasteiger partial charge in [-0.15, -0.1) is 0 Å². The molecule has 10 rings (SSSR count). The third kappa shape index (κ3) is 4.32. The zero-order valence-corrected chi connectivity index (χ0v) is 30.6. The Kier molecular flexibility index (Phi) is 6.33. The Morgan fingerprint density at radius 1 is 0.346 bits per heavy atom. The Bertz CT molecular complexity index is 3120. The molecule has 0 fully saturated rings. The lowest BCUT2D eigenvalue weighted by molar-refractivity contribution is 0.591. The number of rotatable bonds is 2. The van der Waals surface area contributed by atoms with Crippen LogP contribution >= 0.6 is 0 Å². The second-order valence-corrected chi connectivity index (χ2v) is 16.9. The van der Waals surface area contributed by atoms with E-state index in [0.29, 0.717) is 0 Å². The molecule has 0 aliphatic carbocycles. The summed E-state index contributed by atoms with van der Waals surface area (Å²) in [6.45, 7) is 13.9. The third-order valence-corrected chi connectivity index (χ3v) is 11.6. The van der Waals surface area contributed by atoms with E-state index in [4.69, 9.17) is 0 Å². The molecule has 52 heavy (non-hydrogen) atoms. The second-order valence-electron chi connectivity index (χ2n) is 16.9. The summed E-state index contributed by atoms with van der Waals surface area (Å²) in [5.74, 6) is 0. The largest absolute Gasteiger partial charge is 0.289 e. The van der Waals surface area contributed by atoms with Crippen molar-refractivity contribution in [2.75, 3.05) is 0 Å². The first-order valence-corrected chi connectivity index (χ1v) is 18.5. The Labute approximate surface area is 303 Å². The molecule has 0 aromatic heterocycles. The Hall–Kier alpha value is -5.79. The quantitative estimate of drug-likeness (QED) is 0.132. The number of hydrogen-bond donors (Lipinski definition) is 0. The molecule has 0 amide bonds. The summed E-state index contributed by atoms with van der Waals surface area (Å²) < 4.78 is 0.